The Morgan fingerprint density at radius 1 is 1.25 bits per heavy atom. The monoisotopic (exact) mass is 393 g/mol. The molecule has 1 aliphatic rings. The van der Waals surface area contributed by atoms with Crippen LogP contribution in [0.5, 0.6) is 0 Å². The molecule has 1 heterocycles. The molecule has 1 aliphatic heterocycles. The minimum Gasteiger partial charge on any atom is -0.386 e. The highest BCUT2D eigenvalue weighted by Gasteiger charge is 2.22. The Labute approximate surface area is 166 Å². The SMILES string of the molecule is CCNC(=NCC(O)c1ccccc1F)N1CCN(CC(=O)NC(C)C)CC1. The molecular formula is C20H32FN5O2. The summed E-state index contributed by atoms with van der Waals surface area (Å²) in [6, 6.07) is 6.35. The van der Waals surface area contributed by atoms with Crippen LogP contribution in [-0.2, 0) is 4.79 Å². The second kappa shape index (κ2) is 11.0. The zero-order chi connectivity index (χ0) is 20.5. The number of rotatable bonds is 7. The number of piperazine rings is 1. The lowest BCUT2D eigenvalue weighted by atomic mass is 10.1. The molecule has 1 amide bonds. The number of hydrogen-bond donors (Lipinski definition) is 3. The van der Waals surface area contributed by atoms with Gasteiger partial charge in [-0.2, -0.15) is 0 Å². The summed E-state index contributed by atoms with van der Waals surface area (Å²) in [5.74, 6) is 0.310. The summed E-state index contributed by atoms with van der Waals surface area (Å²) in [4.78, 5) is 20.6. The summed E-state index contributed by atoms with van der Waals surface area (Å²) in [7, 11) is 0. The number of aliphatic hydroxyl groups is 1. The van der Waals surface area contributed by atoms with Crippen LogP contribution in [0.3, 0.4) is 0 Å². The van der Waals surface area contributed by atoms with Gasteiger partial charge in [0.25, 0.3) is 0 Å². The predicted octanol–water partition coefficient (Wildman–Crippen LogP) is 0.967. The van der Waals surface area contributed by atoms with Gasteiger partial charge in [-0.25, -0.2) is 4.39 Å². The van der Waals surface area contributed by atoms with Gasteiger partial charge in [-0.05, 0) is 26.8 Å². The summed E-state index contributed by atoms with van der Waals surface area (Å²) >= 11 is 0. The molecule has 1 unspecified atom stereocenters. The molecule has 0 radical (unpaired) electrons. The van der Waals surface area contributed by atoms with Crippen LogP contribution in [0.1, 0.15) is 32.4 Å². The molecule has 2 rings (SSSR count). The van der Waals surface area contributed by atoms with Crippen molar-refractivity contribution < 1.29 is 14.3 Å². The lowest BCUT2D eigenvalue weighted by Crippen LogP contribution is -2.54. The first-order chi connectivity index (χ1) is 13.4. The fraction of sp³-hybridized carbons (Fsp3) is 0.600. The minimum atomic E-state index is -0.990. The average molecular weight is 394 g/mol. The van der Waals surface area contributed by atoms with Crippen molar-refractivity contribution in [2.45, 2.75) is 32.9 Å². The van der Waals surface area contributed by atoms with Crippen LogP contribution >= 0.6 is 0 Å². The maximum Gasteiger partial charge on any atom is 0.234 e. The second-order valence-electron chi connectivity index (χ2n) is 7.22. The molecule has 0 aliphatic carbocycles. The van der Waals surface area contributed by atoms with E-state index in [4.69, 9.17) is 0 Å². The zero-order valence-electron chi connectivity index (χ0n) is 17.0. The summed E-state index contributed by atoms with van der Waals surface area (Å²) < 4.78 is 13.8. The molecule has 1 fully saturated rings. The average Bonchev–Trinajstić information content (AvgIpc) is 2.65. The Hall–Kier alpha value is -2.19. The van der Waals surface area contributed by atoms with E-state index in [-0.39, 0.29) is 24.1 Å². The maximum atomic E-state index is 13.8. The number of carbonyl (C=O) groups excluding carboxylic acids is 1. The third kappa shape index (κ3) is 6.76. The summed E-state index contributed by atoms with van der Waals surface area (Å²) in [6.07, 6.45) is -0.990. The Morgan fingerprint density at radius 2 is 1.93 bits per heavy atom. The molecule has 1 aromatic carbocycles. The van der Waals surface area contributed by atoms with E-state index in [2.05, 4.69) is 25.4 Å². The first kappa shape index (κ1) is 22.1. The van der Waals surface area contributed by atoms with Gasteiger partial charge >= 0.3 is 0 Å². The maximum absolute atomic E-state index is 13.8. The second-order valence-corrected chi connectivity index (χ2v) is 7.22. The highest BCUT2D eigenvalue weighted by Crippen LogP contribution is 2.17. The van der Waals surface area contributed by atoms with Gasteiger partial charge in [0.1, 0.15) is 11.9 Å². The Bertz CT molecular complexity index is 660. The van der Waals surface area contributed by atoms with Crippen molar-refractivity contribution in [1.82, 2.24) is 20.4 Å². The molecule has 3 N–H and O–H groups in total. The van der Waals surface area contributed by atoms with Crippen LogP contribution in [0.15, 0.2) is 29.3 Å². The van der Waals surface area contributed by atoms with Gasteiger partial charge in [0.2, 0.25) is 5.91 Å². The van der Waals surface area contributed by atoms with Crippen LogP contribution in [0.2, 0.25) is 0 Å². The van der Waals surface area contributed by atoms with Gasteiger partial charge in [-0.1, -0.05) is 18.2 Å². The van der Waals surface area contributed by atoms with Crippen LogP contribution in [0.4, 0.5) is 4.39 Å². The highest BCUT2D eigenvalue weighted by atomic mass is 19.1. The molecule has 0 spiro atoms. The number of aliphatic imine (C=N–C) groups is 1. The van der Waals surface area contributed by atoms with E-state index in [0.29, 0.717) is 19.0 Å². The van der Waals surface area contributed by atoms with E-state index >= 15 is 0 Å². The van der Waals surface area contributed by atoms with Crippen LogP contribution in [-0.4, -0.2) is 78.6 Å². The van der Waals surface area contributed by atoms with Crippen molar-refractivity contribution in [3.05, 3.63) is 35.6 Å². The molecule has 1 atom stereocenters. The van der Waals surface area contributed by atoms with E-state index in [9.17, 15) is 14.3 Å². The standard InChI is InChI=1S/C20H32FN5O2/c1-4-22-20(23-13-18(27)16-7-5-6-8-17(16)21)26-11-9-25(10-12-26)14-19(28)24-15(2)3/h5-8,15,18,27H,4,9-14H2,1-3H3,(H,22,23)(H,24,28). The number of amides is 1. The van der Waals surface area contributed by atoms with Crippen molar-refractivity contribution in [3.8, 4) is 0 Å². The summed E-state index contributed by atoms with van der Waals surface area (Å²) in [5, 5.41) is 16.4. The van der Waals surface area contributed by atoms with E-state index < -0.39 is 11.9 Å². The van der Waals surface area contributed by atoms with Crippen molar-refractivity contribution in [2.75, 3.05) is 45.8 Å². The third-order valence-electron chi connectivity index (χ3n) is 4.50. The number of guanidine groups is 1. The van der Waals surface area contributed by atoms with Crippen molar-refractivity contribution in [2.24, 2.45) is 4.99 Å². The summed E-state index contributed by atoms with van der Waals surface area (Å²) in [5.41, 5.74) is 0.253. The van der Waals surface area contributed by atoms with E-state index in [1.807, 2.05) is 20.8 Å². The number of halogens is 1. The third-order valence-corrected chi connectivity index (χ3v) is 4.50. The molecule has 1 aromatic rings. The van der Waals surface area contributed by atoms with E-state index in [1.165, 1.54) is 6.07 Å². The van der Waals surface area contributed by atoms with Gasteiger partial charge < -0.3 is 20.6 Å². The van der Waals surface area contributed by atoms with Gasteiger partial charge in [-0.15, -0.1) is 0 Å². The summed E-state index contributed by atoms with van der Waals surface area (Å²) in [6.45, 7) is 10.0. The number of hydrogen-bond acceptors (Lipinski definition) is 4. The molecule has 0 bridgehead atoms. The number of aliphatic hydroxyl groups excluding tert-OH is 1. The van der Waals surface area contributed by atoms with Crippen LogP contribution < -0.4 is 10.6 Å². The largest absolute Gasteiger partial charge is 0.386 e. The first-order valence-electron chi connectivity index (χ1n) is 9.88. The molecule has 28 heavy (non-hydrogen) atoms. The van der Waals surface area contributed by atoms with Gasteiger partial charge in [-0.3, -0.25) is 14.7 Å². The van der Waals surface area contributed by atoms with Crippen molar-refractivity contribution in [1.29, 1.82) is 0 Å². The quantitative estimate of drug-likeness (QED) is 0.475. The number of nitrogens with one attached hydrogen (secondary N) is 2. The Morgan fingerprint density at radius 3 is 2.54 bits per heavy atom. The topological polar surface area (TPSA) is 80.2 Å². The van der Waals surface area contributed by atoms with Gasteiger partial charge in [0.05, 0.1) is 13.1 Å². The van der Waals surface area contributed by atoms with Crippen molar-refractivity contribution >= 4 is 11.9 Å². The zero-order valence-corrected chi connectivity index (χ0v) is 17.0. The normalized spacial score (nSPS) is 16.9. The molecule has 0 saturated carbocycles. The lowest BCUT2D eigenvalue weighted by Gasteiger charge is -2.36. The molecule has 8 heteroatoms. The smallest absolute Gasteiger partial charge is 0.234 e. The van der Waals surface area contributed by atoms with E-state index in [1.54, 1.807) is 18.2 Å². The fourth-order valence-electron chi connectivity index (χ4n) is 3.13. The minimum absolute atomic E-state index is 0.0389. The molecule has 0 aromatic heterocycles. The van der Waals surface area contributed by atoms with Crippen LogP contribution in [0.25, 0.3) is 0 Å². The van der Waals surface area contributed by atoms with Crippen molar-refractivity contribution in [3.63, 3.8) is 0 Å². The Balaban J connectivity index is 1.91. The van der Waals surface area contributed by atoms with Gasteiger partial charge in [0.15, 0.2) is 5.96 Å². The van der Waals surface area contributed by atoms with E-state index in [0.717, 1.165) is 26.2 Å². The number of benzene rings is 1. The lowest BCUT2D eigenvalue weighted by molar-refractivity contribution is -0.123. The van der Waals surface area contributed by atoms with Gasteiger partial charge in [0, 0.05) is 44.3 Å². The first-order valence-corrected chi connectivity index (χ1v) is 9.88. The Kier molecular flexibility index (Phi) is 8.66. The number of nitrogens with zero attached hydrogens (tertiary/aromatic N) is 3. The number of carbonyl (C=O) groups is 1. The fourth-order valence-corrected chi connectivity index (χ4v) is 3.13. The molecule has 7 nitrogen and oxygen atoms in total. The molecular weight excluding hydrogens is 361 g/mol. The predicted molar refractivity (Wildman–Crippen MR) is 109 cm³/mol. The highest BCUT2D eigenvalue weighted by molar-refractivity contribution is 5.80. The molecule has 1 saturated heterocycles. The molecule has 156 valence electrons. The van der Waals surface area contributed by atoms with Crippen LogP contribution in [0, 0.1) is 5.82 Å².